The van der Waals surface area contributed by atoms with E-state index in [1.54, 1.807) is 11.4 Å². The van der Waals surface area contributed by atoms with Gasteiger partial charge in [-0.05, 0) is 63.0 Å². The second-order valence-electron chi connectivity index (χ2n) is 11.6. The second-order valence-corrected chi connectivity index (χ2v) is 16.1. The Hall–Kier alpha value is -2.32. The van der Waals surface area contributed by atoms with Crippen LogP contribution in [0.1, 0.15) is 64.2 Å². The summed E-state index contributed by atoms with van der Waals surface area (Å²) in [4.78, 5) is 0. The number of rotatable bonds is 5. The number of nitrogens with one attached hydrogen (secondary N) is 1. The maximum Gasteiger partial charge on any atom is 2.00 e. The van der Waals surface area contributed by atoms with Crippen molar-refractivity contribution >= 4 is 29.0 Å². The summed E-state index contributed by atoms with van der Waals surface area (Å²) in [6, 6.07) is 38.9. The molecule has 0 radical (unpaired) electrons. The molecule has 2 aliphatic carbocycles. The molecular weight excluding hydrogens is 676 g/mol. The zero-order chi connectivity index (χ0) is 30.5. The summed E-state index contributed by atoms with van der Waals surface area (Å²) in [5.74, 6) is 0. The zero-order valence-corrected chi connectivity index (χ0v) is 28.9. The van der Waals surface area contributed by atoms with E-state index >= 15 is 0 Å². The summed E-state index contributed by atoms with van der Waals surface area (Å²) in [7, 11) is -4.42. The van der Waals surface area contributed by atoms with E-state index in [1.807, 2.05) is 42.5 Å². The van der Waals surface area contributed by atoms with Crippen molar-refractivity contribution < 1.29 is 33.4 Å². The molecule has 2 aliphatic rings. The van der Waals surface area contributed by atoms with Crippen LogP contribution in [0.2, 0.25) is 0 Å². The van der Waals surface area contributed by atoms with Gasteiger partial charge in [0.2, 0.25) is 0 Å². The standard InChI is InChI=1S/C24H31P.C12H9N.CH4O3S.Pd/c1-4-12-20(13-5-1)23-18-10-11-19-24(23)25(21-14-6-2-7-15-21)22-16-8-3-9-17-22;13-12-9-5-4-8-11(12)10-6-2-1-3-7-10;1-5(2,3)4;/h1,4-5,10-13,18-19,21-22H,2-3,6-9,14-17H2;1-6,8-9,13H;1H3,(H,2,3,4);/q;-2;;+2. The van der Waals surface area contributed by atoms with E-state index in [2.05, 4.69) is 60.7 Å². The maximum atomic E-state index is 9.08. The molecule has 2 saturated carbocycles. The van der Waals surface area contributed by atoms with Crippen molar-refractivity contribution in [2.24, 2.45) is 0 Å². The molecule has 0 atom stereocenters. The molecule has 0 aromatic heterocycles. The summed E-state index contributed by atoms with van der Waals surface area (Å²) in [6.45, 7) is 0. The molecule has 6 rings (SSSR count). The second kappa shape index (κ2) is 18.6. The fourth-order valence-electron chi connectivity index (χ4n) is 6.48. The van der Waals surface area contributed by atoms with Crippen molar-refractivity contribution in [2.45, 2.75) is 75.5 Å². The Kier molecular flexibility index (Phi) is 15.3. The number of hydrogen-bond donors (Lipinski definition) is 0. The van der Waals surface area contributed by atoms with Crippen LogP contribution in [0.5, 0.6) is 0 Å². The molecule has 0 saturated heterocycles. The predicted octanol–water partition coefficient (Wildman–Crippen LogP) is 9.85. The van der Waals surface area contributed by atoms with Crippen LogP contribution in [-0.2, 0) is 30.5 Å². The van der Waals surface area contributed by atoms with E-state index in [9.17, 15) is 0 Å². The van der Waals surface area contributed by atoms with Gasteiger partial charge < -0.3 is 10.3 Å². The average molecular weight is 720 g/mol. The molecule has 4 nitrogen and oxygen atoms in total. The molecule has 4 aromatic carbocycles. The molecule has 0 bridgehead atoms. The van der Waals surface area contributed by atoms with Crippen molar-refractivity contribution in [1.29, 1.82) is 0 Å². The minimum Gasteiger partial charge on any atom is -0.748 e. The van der Waals surface area contributed by atoms with Gasteiger partial charge in [-0.25, -0.2) is 8.42 Å². The average Bonchev–Trinajstić information content (AvgIpc) is 3.03. The molecule has 0 spiro atoms. The van der Waals surface area contributed by atoms with Crippen molar-refractivity contribution in [3.8, 4) is 22.3 Å². The van der Waals surface area contributed by atoms with Crippen LogP contribution in [0.3, 0.4) is 0 Å². The summed E-state index contributed by atoms with van der Waals surface area (Å²) >= 11 is 0. The summed E-state index contributed by atoms with van der Waals surface area (Å²) in [6.07, 6.45) is 15.4. The van der Waals surface area contributed by atoms with Crippen molar-refractivity contribution in [1.82, 2.24) is 0 Å². The van der Waals surface area contributed by atoms with Gasteiger partial charge in [0.05, 0.1) is 26.7 Å². The van der Waals surface area contributed by atoms with Gasteiger partial charge in [0, 0.05) is 19.7 Å². The van der Waals surface area contributed by atoms with E-state index in [0.29, 0.717) is 11.9 Å². The molecule has 1 N–H and O–H groups in total. The van der Waals surface area contributed by atoms with Gasteiger partial charge in [-0.15, -0.1) is 41.5 Å². The molecule has 0 amide bonds. The summed E-state index contributed by atoms with van der Waals surface area (Å²) in [5, 5.41) is 1.75. The molecule has 0 aliphatic heterocycles. The van der Waals surface area contributed by atoms with Gasteiger partial charge in [-0.2, -0.15) is 5.69 Å². The summed E-state index contributed by atoms with van der Waals surface area (Å²) in [5.41, 5.74) is 15.1. The molecule has 0 unspecified atom stereocenters. The van der Waals surface area contributed by atoms with Crippen LogP contribution in [0, 0.1) is 6.07 Å². The van der Waals surface area contributed by atoms with Crippen LogP contribution >= 0.6 is 7.92 Å². The van der Waals surface area contributed by atoms with Gasteiger partial charge in [0.1, 0.15) is 0 Å². The van der Waals surface area contributed by atoms with Crippen molar-refractivity contribution in [2.75, 3.05) is 6.26 Å². The molecule has 0 heterocycles. The third kappa shape index (κ3) is 11.6. The fraction of sp³-hybridized carbons (Fsp3) is 0.351. The first kappa shape index (κ1) is 36.2. The molecule has 44 heavy (non-hydrogen) atoms. The summed E-state index contributed by atoms with van der Waals surface area (Å²) < 4.78 is 27.2. The molecule has 236 valence electrons. The predicted molar refractivity (Wildman–Crippen MR) is 184 cm³/mol. The van der Waals surface area contributed by atoms with E-state index in [-0.39, 0.29) is 20.4 Å². The minimum absolute atomic E-state index is 0. The Labute approximate surface area is 280 Å². The first-order valence-corrected chi connectivity index (χ1v) is 19.0. The quantitative estimate of drug-likeness (QED) is 0.0892. The topological polar surface area (TPSA) is 81.0 Å². The van der Waals surface area contributed by atoms with E-state index in [1.165, 1.54) is 75.3 Å². The Bertz CT molecular complexity index is 1460. The van der Waals surface area contributed by atoms with Crippen LogP contribution < -0.4 is 5.30 Å². The fourth-order valence-corrected chi connectivity index (χ4v) is 10.9. The first-order chi connectivity index (χ1) is 20.8. The van der Waals surface area contributed by atoms with Crippen molar-refractivity contribution in [3.63, 3.8) is 0 Å². The smallest absolute Gasteiger partial charge is 0.748 e. The van der Waals surface area contributed by atoms with Crippen LogP contribution in [-0.4, -0.2) is 30.5 Å². The third-order valence-corrected chi connectivity index (χ3v) is 12.3. The Morgan fingerprint density at radius 2 is 1.16 bits per heavy atom. The van der Waals surface area contributed by atoms with Crippen LogP contribution in [0.25, 0.3) is 28.0 Å². The first-order valence-electron chi connectivity index (χ1n) is 15.5. The Morgan fingerprint density at radius 1 is 0.682 bits per heavy atom. The van der Waals surface area contributed by atoms with E-state index in [4.69, 9.17) is 18.7 Å². The normalized spacial score (nSPS) is 15.6. The molecular formula is C37H44NO3PPdS. The Morgan fingerprint density at radius 3 is 1.68 bits per heavy atom. The number of benzene rings is 4. The SMILES string of the molecule is CS(=O)(=O)[O-].[NH-]c1ccccc1-c1[c-]cccc1.[Pd+2].c1ccc(-c2ccccc2[PH+](C2CCCCC2)C2CCCCC2)cc1. The number of hydrogen-bond acceptors (Lipinski definition) is 3. The minimum atomic E-state index is -3.92. The molecule has 2 fully saturated rings. The largest absolute Gasteiger partial charge is 2.00 e. The molecule has 4 aromatic rings. The van der Waals surface area contributed by atoms with E-state index < -0.39 is 18.0 Å². The van der Waals surface area contributed by atoms with Crippen LogP contribution in [0.4, 0.5) is 5.69 Å². The van der Waals surface area contributed by atoms with Gasteiger partial charge >= 0.3 is 20.4 Å². The Balaban J connectivity index is 0.000000233. The van der Waals surface area contributed by atoms with Gasteiger partial charge in [0.25, 0.3) is 0 Å². The van der Waals surface area contributed by atoms with Crippen LogP contribution in [0.15, 0.2) is 103 Å². The van der Waals surface area contributed by atoms with Gasteiger partial charge in [-0.3, -0.25) is 0 Å². The van der Waals surface area contributed by atoms with Gasteiger partial charge in [-0.1, -0.05) is 85.6 Å². The third-order valence-electron chi connectivity index (χ3n) is 8.34. The monoisotopic (exact) mass is 719 g/mol. The maximum absolute atomic E-state index is 9.08. The van der Waals surface area contributed by atoms with Gasteiger partial charge in [0.15, 0.2) is 0 Å². The van der Waals surface area contributed by atoms with E-state index in [0.717, 1.165) is 22.4 Å². The zero-order valence-electron chi connectivity index (χ0n) is 25.5. The van der Waals surface area contributed by atoms with Crippen molar-refractivity contribution in [3.05, 3.63) is 115 Å². The molecule has 7 heteroatoms.